The number of aliphatic hydroxyl groups excluding tert-OH is 1. The van der Waals surface area contributed by atoms with Crippen molar-refractivity contribution < 1.29 is 28.9 Å². The van der Waals surface area contributed by atoms with Gasteiger partial charge in [-0.3, -0.25) is 0 Å². The smallest absolute Gasteiger partial charge is 0.419 e. The van der Waals surface area contributed by atoms with Crippen LogP contribution in [-0.4, -0.2) is 35.0 Å². The first-order valence-electron chi connectivity index (χ1n) is 10.8. The average Bonchev–Trinajstić information content (AvgIpc) is 2.61. The second kappa shape index (κ2) is 11.1. The van der Waals surface area contributed by atoms with E-state index >= 15 is 0 Å². The van der Waals surface area contributed by atoms with Crippen LogP contribution >= 0.6 is 0 Å². The number of allylic oxidation sites excluding steroid dienone is 1. The Morgan fingerprint density at radius 3 is 2.09 bits per heavy atom. The number of esters is 1. The van der Waals surface area contributed by atoms with Gasteiger partial charge in [-0.15, -0.1) is 0 Å². The zero-order chi connectivity index (χ0) is 24.7. The molecule has 1 aromatic carbocycles. The molecular weight excluding hydrogens is 410 g/mol. The quantitative estimate of drug-likeness (QED) is 0.304. The van der Waals surface area contributed by atoms with Gasteiger partial charge in [0.15, 0.2) is 0 Å². The predicted octanol–water partition coefficient (Wildman–Crippen LogP) is 6.20. The van der Waals surface area contributed by atoms with Gasteiger partial charge in [-0.2, -0.15) is 0 Å². The summed E-state index contributed by atoms with van der Waals surface area (Å²) in [5.41, 5.74) is -0.150. The Hall–Kier alpha value is -2.96. The summed E-state index contributed by atoms with van der Waals surface area (Å²) in [4.78, 5) is 26.8. The number of ether oxygens (including phenoxy) is 3. The lowest BCUT2D eigenvalue weighted by molar-refractivity contribution is -0.148. The maximum Gasteiger partial charge on any atom is 0.419 e. The maximum absolute atomic E-state index is 13.3. The topological polar surface area (TPSA) is 85.3 Å². The number of amides is 1. The van der Waals surface area contributed by atoms with Crippen LogP contribution in [-0.2, 0) is 19.0 Å². The van der Waals surface area contributed by atoms with Crippen molar-refractivity contribution in [1.82, 2.24) is 0 Å². The van der Waals surface area contributed by atoms with Crippen LogP contribution in [0.5, 0.6) is 0 Å². The number of benzene rings is 1. The third-order valence-electron chi connectivity index (χ3n) is 3.85. The summed E-state index contributed by atoms with van der Waals surface area (Å²) in [5, 5.41) is 10.6. The van der Waals surface area contributed by atoms with Crippen LogP contribution in [0.4, 0.5) is 10.5 Å². The number of anilines is 1. The number of carbonyl (C=O) groups is 2. The molecule has 0 heterocycles. The largest absolute Gasteiger partial charge is 0.480 e. The van der Waals surface area contributed by atoms with Crippen LogP contribution in [0.15, 0.2) is 42.0 Å². The molecule has 1 amide bonds. The molecule has 1 aromatic rings. The Morgan fingerprint density at radius 2 is 1.59 bits per heavy atom. The number of carbonyl (C=O) groups excluding carboxylic acids is 2. The third kappa shape index (κ3) is 8.65. The average molecular weight is 448 g/mol. The summed E-state index contributed by atoms with van der Waals surface area (Å²) in [7, 11) is 0. The monoisotopic (exact) mass is 447 g/mol. The van der Waals surface area contributed by atoms with Crippen molar-refractivity contribution in [2.45, 2.75) is 73.5 Å². The molecule has 0 bridgehead atoms. The SMILES string of the molecule is CCOC(O)=C(C(C)C)N(C(=O)OC(C)(C)C)c1ccccc1/C=C/C(=O)OC(C)(C)C. The van der Waals surface area contributed by atoms with E-state index in [0.29, 0.717) is 11.3 Å². The summed E-state index contributed by atoms with van der Waals surface area (Å²) in [6.07, 6.45) is 2.19. The normalized spacial score (nSPS) is 13.1. The van der Waals surface area contributed by atoms with Crippen LogP contribution in [0.2, 0.25) is 0 Å². The number of nitrogens with zero attached hydrogens (tertiary/aromatic N) is 1. The van der Waals surface area contributed by atoms with Gasteiger partial charge >= 0.3 is 12.1 Å². The first kappa shape index (κ1) is 27.1. The molecule has 1 N–H and O–H groups in total. The Bertz CT molecular complexity index is 856. The zero-order valence-electron chi connectivity index (χ0n) is 20.7. The van der Waals surface area contributed by atoms with E-state index in [-0.39, 0.29) is 24.2 Å². The standard InChI is InChI=1S/C25H37NO6/c1-10-30-22(28)21(17(2)3)26(23(29)32-25(7,8)9)19-14-12-11-13-18(19)15-16-20(27)31-24(4,5)6/h11-17,28H,10H2,1-9H3/b16-15+,22-21?. The van der Waals surface area contributed by atoms with Gasteiger partial charge in [-0.1, -0.05) is 32.0 Å². The van der Waals surface area contributed by atoms with Gasteiger partial charge in [0.05, 0.1) is 12.3 Å². The summed E-state index contributed by atoms with van der Waals surface area (Å²) < 4.78 is 16.3. The van der Waals surface area contributed by atoms with E-state index < -0.39 is 23.3 Å². The lowest BCUT2D eigenvalue weighted by Crippen LogP contribution is -2.39. The minimum absolute atomic E-state index is 0.227. The molecule has 0 saturated heterocycles. The van der Waals surface area contributed by atoms with E-state index in [1.165, 1.54) is 11.0 Å². The highest BCUT2D eigenvalue weighted by Gasteiger charge is 2.32. The van der Waals surface area contributed by atoms with Crippen molar-refractivity contribution >= 4 is 23.8 Å². The molecule has 0 saturated carbocycles. The van der Waals surface area contributed by atoms with E-state index in [1.807, 2.05) is 13.8 Å². The van der Waals surface area contributed by atoms with E-state index in [0.717, 1.165) is 0 Å². The van der Waals surface area contributed by atoms with Crippen LogP contribution < -0.4 is 4.90 Å². The summed E-state index contributed by atoms with van der Waals surface area (Å²) in [6.45, 7) is 16.3. The van der Waals surface area contributed by atoms with Crippen molar-refractivity contribution in [2.75, 3.05) is 11.5 Å². The van der Waals surface area contributed by atoms with Crippen LogP contribution in [0.1, 0.15) is 67.9 Å². The number of para-hydroxylation sites is 1. The minimum atomic E-state index is -0.764. The van der Waals surface area contributed by atoms with Crippen molar-refractivity contribution in [3.63, 3.8) is 0 Å². The van der Waals surface area contributed by atoms with Gasteiger partial charge in [0.1, 0.15) is 16.9 Å². The Labute approximate surface area is 191 Å². The fourth-order valence-electron chi connectivity index (χ4n) is 2.77. The highest BCUT2D eigenvalue weighted by atomic mass is 16.6. The van der Waals surface area contributed by atoms with Crippen molar-refractivity contribution in [3.05, 3.63) is 47.5 Å². The first-order valence-corrected chi connectivity index (χ1v) is 10.8. The van der Waals surface area contributed by atoms with Crippen molar-refractivity contribution in [3.8, 4) is 0 Å². The second-order valence-corrected chi connectivity index (χ2v) is 9.52. The predicted molar refractivity (Wildman–Crippen MR) is 126 cm³/mol. The van der Waals surface area contributed by atoms with Gasteiger partial charge in [0.2, 0.25) is 0 Å². The molecule has 0 fully saturated rings. The molecule has 7 nitrogen and oxygen atoms in total. The van der Waals surface area contributed by atoms with Gasteiger partial charge in [0.25, 0.3) is 5.95 Å². The molecule has 0 aliphatic carbocycles. The highest BCUT2D eigenvalue weighted by Crippen LogP contribution is 2.32. The van der Waals surface area contributed by atoms with E-state index in [4.69, 9.17) is 14.2 Å². The Balaban J connectivity index is 3.60. The van der Waals surface area contributed by atoms with E-state index in [2.05, 4.69) is 0 Å². The highest BCUT2D eigenvalue weighted by molar-refractivity contribution is 5.96. The molecule has 0 atom stereocenters. The molecule has 0 aromatic heterocycles. The van der Waals surface area contributed by atoms with Gasteiger partial charge in [-0.05, 0) is 66.2 Å². The minimum Gasteiger partial charge on any atom is -0.480 e. The Kier molecular flexibility index (Phi) is 9.36. The van der Waals surface area contributed by atoms with Gasteiger partial charge < -0.3 is 19.3 Å². The summed E-state index contributed by atoms with van der Waals surface area (Å²) >= 11 is 0. The van der Waals surface area contributed by atoms with Gasteiger partial charge in [-0.25, -0.2) is 14.5 Å². The molecule has 0 radical (unpaired) electrons. The zero-order valence-corrected chi connectivity index (χ0v) is 20.7. The second-order valence-electron chi connectivity index (χ2n) is 9.52. The lowest BCUT2D eigenvalue weighted by atomic mass is 10.1. The molecule has 7 heteroatoms. The molecule has 32 heavy (non-hydrogen) atoms. The lowest BCUT2D eigenvalue weighted by Gasteiger charge is -2.31. The maximum atomic E-state index is 13.3. The molecule has 1 rings (SSSR count). The Morgan fingerprint density at radius 1 is 1.03 bits per heavy atom. The molecule has 0 unspecified atom stereocenters. The molecule has 0 aliphatic heterocycles. The van der Waals surface area contributed by atoms with Crippen LogP contribution in [0.25, 0.3) is 6.08 Å². The number of aliphatic hydroxyl groups is 1. The fraction of sp³-hybridized carbons (Fsp3) is 0.520. The molecule has 0 aliphatic rings. The number of rotatable bonds is 7. The van der Waals surface area contributed by atoms with Crippen molar-refractivity contribution in [2.24, 2.45) is 5.92 Å². The number of hydrogen-bond donors (Lipinski definition) is 1. The molecule has 0 spiro atoms. The molecule has 178 valence electrons. The summed E-state index contributed by atoms with van der Waals surface area (Å²) in [5.74, 6) is -1.15. The van der Waals surface area contributed by atoms with E-state index in [9.17, 15) is 14.7 Å². The molecular formula is C25H37NO6. The third-order valence-corrected chi connectivity index (χ3v) is 3.85. The van der Waals surface area contributed by atoms with Crippen LogP contribution in [0.3, 0.4) is 0 Å². The number of hydrogen-bond acceptors (Lipinski definition) is 6. The van der Waals surface area contributed by atoms with Crippen LogP contribution in [0, 0.1) is 5.92 Å². The van der Waals surface area contributed by atoms with E-state index in [1.54, 1.807) is 78.8 Å². The van der Waals surface area contributed by atoms with Crippen molar-refractivity contribution in [1.29, 1.82) is 0 Å². The first-order chi connectivity index (χ1) is 14.7. The summed E-state index contributed by atoms with van der Waals surface area (Å²) in [6, 6.07) is 7.00. The van der Waals surface area contributed by atoms with Gasteiger partial charge in [0, 0.05) is 12.0 Å². The fourth-order valence-corrected chi connectivity index (χ4v) is 2.77.